The van der Waals surface area contributed by atoms with Gasteiger partial charge >= 0.3 is 0 Å². The van der Waals surface area contributed by atoms with Gasteiger partial charge in [0.1, 0.15) is 0 Å². The van der Waals surface area contributed by atoms with E-state index in [1.807, 2.05) is 13.8 Å². The molecule has 0 bridgehead atoms. The van der Waals surface area contributed by atoms with Crippen LogP contribution in [0.2, 0.25) is 0 Å². The van der Waals surface area contributed by atoms with Crippen LogP contribution in [-0.2, 0) is 4.79 Å². The van der Waals surface area contributed by atoms with Gasteiger partial charge in [0, 0.05) is 32.7 Å². The summed E-state index contributed by atoms with van der Waals surface area (Å²) >= 11 is 0. The van der Waals surface area contributed by atoms with Gasteiger partial charge in [-0.1, -0.05) is 20.8 Å². The summed E-state index contributed by atoms with van der Waals surface area (Å²) in [7, 11) is 0. The fraction of sp³-hybridized carbons (Fsp3) is 0.875. The molecule has 5 heteroatoms. The summed E-state index contributed by atoms with van der Waals surface area (Å²) < 4.78 is 0. The van der Waals surface area contributed by atoms with Gasteiger partial charge in [0.25, 0.3) is 0 Å². The lowest BCUT2D eigenvalue weighted by Gasteiger charge is -2.39. The molecule has 1 N–H and O–H groups in total. The van der Waals surface area contributed by atoms with E-state index in [1.54, 1.807) is 0 Å². The van der Waals surface area contributed by atoms with Crippen LogP contribution in [0.25, 0.3) is 0 Å². The summed E-state index contributed by atoms with van der Waals surface area (Å²) in [5.41, 5.74) is 0. The Labute approximate surface area is 129 Å². The Balaban J connectivity index is 2.36. The smallest absolute Gasteiger partial charge is 0.237 e. The molecular formula is C16H30N4O. The maximum absolute atomic E-state index is 12.1. The average Bonchev–Trinajstić information content (AvgIpc) is 2.48. The van der Waals surface area contributed by atoms with Gasteiger partial charge < -0.3 is 5.32 Å². The molecule has 1 aliphatic rings. The van der Waals surface area contributed by atoms with E-state index in [-0.39, 0.29) is 18.0 Å². The molecular weight excluding hydrogens is 264 g/mol. The molecule has 1 saturated heterocycles. The first-order valence-electron chi connectivity index (χ1n) is 8.15. The van der Waals surface area contributed by atoms with Gasteiger partial charge in [0.2, 0.25) is 5.91 Å². The van der Waals surface area contributed by atoms with Gasteiger partial charge in [0.05, 0.1) is 18.2 Å². The van der Waals surface area contributed by atoms with E-state index in [0.717, 1.165) is 45.6 Å². The third kappa shape index (κ3) is 5.64. The van der Waals surface area contributed by atoms with Crippen molar-refractivity contribution < 1.29 is 4.79 Å². The van der Waals surface area contributed by atoms with Crippen LogP contribution in [-0.4, -0.2) is 60.5 Å². The molecule has 1 fully saturated rings. The predicted octanol–water partition coefficient (Wildman–Crippen LogP) is 1.46. The SMILES string of the molecule is CCC(C#N)N1CCN(C(C)C(=O)NCCC(C)C)CC1. The Morgan fingerprint density at radius 1 is 1.19 bits per heavy atom. The maximum Gasteiger partial charge on any atom is 0.237 e. The number of nitrogens with zero attached hydrogens (tertiary/aromatic N) is 3. The zero-order valence-corrected chi connectivity index (χ0v) is 13.9. The van der Waals surface area contributed by atoms with Crippen LogP contribution in [0.3, 0.4) is 0 Å². The maximum atomic E-state index is 12.1. The molecule has 0 spiro atoms. The fourth-order valence-electron chi connectivity index (χ4n) is 2.67. The van der Waals surface area contributed by atoms with Crippen LogP contribution in [0.15, 0.2) is 0 Å². The first-order valence-corrected chi connectivity index (χ1v) is 8.15. The highest BCUT2D eigenvalue weighted by Crippen LogP contribution is 2.11. The average molecular weight is 294 g/mol. The third-order valence-corrected chi connectivity index (χ3v) is 4.27. The Morgan fingerprint density at radius 2 is 1.76 bits per heavy atom. The lowest BCUT2D eigenvalue weighted by atomic mass is 10.1. The molecule has 0 saturated carbocycles. The van der Waals surface area contributed by atoms with Crippen LogP contribution in [0.4, 0.5) is 0 Å². The number of carbonyl (C=O) groups excluding carboxylic acids is 1. The van der Waals surface area contributed by atoms with E-state index >= 15 is 0 Å². The Hall–Kier alpha value is -1.12. The second-order valence-corrected chi connectivity index (χ2v) is 6.27. The van der Waals surface area contributed by atoms with Crippen molar-refractivity contribution in [3.8, 4) is 6.07 Å². The minimum Gasteiger partial charge on any atom is -0.355 e. The van der Waals surface area contributed by atoms with E-state index in [0.29, 0.717) is 5.92 Å². The summed E-state index contributed by atoms with van der Waals surface area (Å²) in [4.78, 5) is 16.6. The monoisotopic (exact) mass is 294 g/mol. The Morgan fingerprint density at radius 3 is 2.24 bits per heavy atom. The highest BCUT2D eigenvalue weighted by Gasteiger charge is 2.27. The van der Waals surface area contributed by atoms with Crippen LogP contribution >= 0.6 is 0 Å². The number of amides is 1. The van der Waals surface area contributed by atoms with Crippen LogP contribution in [0.5, 0.6) is 0 Å². The molecule has 1 aliphatic heterocycles. The van der Waals surface area contributed by atoms with E-state index in [1.165, 1.54) is 0 Å². The van der Waals surface area contributed by atoms with Gasteiger partial charge in [-0.15, -0.1) is 0 Å². The summed E-state index contributed by atoms with van der Waals surface area (Å²) in [5, 5.41) is 12.1. The van der Waals surface area contributed by atoms with E-state index < -0.39 is 0 Å². The number of hydrogen-bond acceptors (Lipinski definition) is 4. The molecule has 1 heterocycles. The standard InChI is InChI=1S/C16H30N4O/c1-5-15(12-17)20-10-8-19(9-11-20)14(4)16(21)18-7-6-13(2)3/h13-15H,5-11H2,1-4H3,(H,18,21). The highest BCUT2D eigenvalue weighted by molar-refractivity contribution is 5.81. The predicted molar refractivity (Wildman–Crippen MR) is 84.8 cm³/mol. The van der Waals surface area contributed by atoms with Crippen molar-refractivity contribution in [2.75, 3.05) is 32.7 Å². The van der Waals surface area contributed by atoms with Gasteiger partial charge in [-0.2, -0.15) is 5.26 Å². The molecule has 0 radical (unpaired) electrons. The van der Waals surface area contributed by atoms with Gasteiger partial charge in [-0.3, -0.25) is 14.6 Å². The zero-order chi connectivity index (χ0) is 15.8. The van der Waals surface area contributed by atoms with Gasteiger partial charge in [-0.25, -0.2) is 0 Å². The summed E-state index contributed by atoms with van der Waals surface area (Å²) in [5.74, 6) is 0.734. The molecule has 1 amide bonds. The summed E-state index contributed by atoms with van der Waals surface area (Å²) in [6.45, 7) is 12.6. The quantitative estimate of drug-likeness (QED) is 0.772. The van der Waals surface area contributed by atoms with Crippen molar-refractivity contribution in [3.63, 3.8) is 0 Å². The number of hydrogen-bond donors (Lipinski definition) is 1. The number of carbonyl (C=O) groups is 1. The highest BCUT2D eigenvalue weighted by atomic mass is 16.2. The molecule has 0 aromatic rings. The van der Waals surface area contributed by atoms with Crippen molar-refractivity contribution in [1.82, 2.24) is 15.1 Å². The first-order chi connectivity index (χ1) is 9.99. The lowest BCUT2D eigenvalue weighted by molar-refractivity contribution is -0.126. The lowest BCUT2D eigenvalue weighted by Crippen LogP contribution is -2.55. The topological polar surface area (TPSA) is 59.4 Å². The fourth-order valence-corrected chi connectivity index (χ4v) is 2.67. The largest absolute Gasteiger partial charge is 0.355 e. The number of piperazine rings is 1. The van der Waals surface area contributed by atoms with Crippen molar-refractivity contribution in [3.05, 3.63) is 0 Å². The summed E-state index contributed by atoms with van der Waals surface area (Å²) in [6.07, 6.45) is 1.88. The van der Waals surface area contributed by atoms with Crippen molar-refractivity contribution in [2.24, 2.45) is 5.92 Å². The first kappa shape index (κ1) is 17.9. The Kier molecular flexibility index (Phi) is 7.69. The van der Waals surface area contributed by atoms with Crippen molar-refractivity contribution in [1.29, 1.82) is 5.26 Å². The van der Waals surface area contributed by atoms with Crippen molar-refractivity contribution >= 4 is 5.91 Å². The molecule has 2 atom stereocenters. The minimum absolute atomic E-state index is 0.0160. The normalized spacial score (nSPS) is 20.0. The molecule has 120 valence electrons. The molecule has 0 aliphatic carbocycles. The van der Waals surface area contributed by atoms with Crippen LogP contribution < -0.4 is 5.32 Å². The molecule has 5 nitrogen and oxygen atoms in total. The number of rotatable bonds is 7. The Bertz CT molecular complexity index is 356. The number of nitriles is 1. The van der Waals surface area contributed by atoms with Crippen LogP contribution in [0.1, 0.15) is 40.5 Å². The third-order valence-electron chi connectivity index (χ3n) is 4.27. The number of nitrogens with one attached hydrogen (secondary N) is 1. The second kappa shape index (κ2) is 9.01. The van der Waals surface area contributed by atoms with Crippen molar-refractivity contribution in [2.45, 2.75) is 52.6 Å². The van der Waals surface area contributed by atoms with E-state index in [9.17, 15) is 4.79 Å². The van der Waals surface area contributed by atoms with Gasteiger partial charge in [-0.05, 0) is 25.7 Å². The van der Waals surface area contributed by atoms with E-state index in [2.05, 4.69) is 35.0 Å². The molecule has 1 rings (SSSR count). The molecule has 21 heavy (non-hydrogen) atoms. The molecule has 0 aromatic carbocycles. The summed E-state index contributed by atoms with van der Waals surface area (Å²) in [6, 6.07) is 2.29. The molecule has 0 aromatic heterocycles. The second-order valence-electron chi connectivity index (χ2n) is 6.27. The zero-order valence-electron chi connectivity index (χ0n) is 13.9. The molecule has 2 unspecified atom stereocenters. The minimum atomic E-state index is -0.0820. The van der Waals surface area contributed by atoms with E-state index in [4.69, 9.17) is 5.26 Å². The van der Waals surface area contributed by atoms with Gasteiger partial charge in [0.15, 0.2) is 0 Å². The van der Waals surface area contributed by atoms with Crippen LogP contribution in [0, 0.1) is 17.2 Å².